The number of thiazole rings is 1. The van der Waals surface area contributed by atoms with Gasteiger partial charge < -0.3 is 15.7 Å². The second-order valence-corrected chi connectivity index (χ2v) is 5.44. The number of benzene rings is 1. The fourth-order valence-electron chi connectivity index (χ4n) is 2.13. The minimum Gasteiger partial charge on any atom is -0.480 e. The molecule has 1 unspecified atom stereocenters. The summed E-state index contributed by atoms with van der Waals surface area (Å²) in [4.78, 5) is 28.6. The molecule has 1 aromatic heterocycles. The Morgan fingerprint density at radius 2 is 2.26 bits per heavy atom. The standard InChI is InChI=1S/C12H11N3O3S/c13-12-14-7-2-1-6(5-9(7)19-12)10(16)15-4-3-8(15)11(17)18/h1-2,5,8H,3-4H2,(H2,13,14)(H,17,18). The van der Waals surface area contributed by atoms with Gasteiger partial charge in [0.05, 0.1) is 10.2 Å². The number of carbonyl (C=O) groups excluding carboxylic acids is 1. The maximum absolute atomic E-state index is 12.2. The van der Waals surface area contributed by atoms with Crippen LogP contribution in [0.15, 0.2) is 18.2 Å². The maximum Gasteiger partial charge on any atom is 0.326 e. The van der Waals surface area contributed by atoms with E-state index in [4.69, 9.17) is 10.8 Å². The lowest BCUT2D eigenvalue weighted by molar-refractivity contribution is -0.146. The fourth-order valence-corrected chi connectivity index (χ4v) is 2.90. The Kier molecular flexibility index (Phi) is 2.63. The third kappa shape index (κ3) is 1.91. The zero-order valence-corrected chi connectivity index (χ0v) is 10.7. The molecule has 2 heterocycles. The first-order valence-corrected chi connectivity index (χ1v) is 6.58. The minimum absolute atomic E-state index is 0.257. The normalized spacial score (nSPS) is 18.3. The number of carbonyl (C=O) groups is 2. The van der Waals surface area contributed by atoms with Crippen LogP contribution in [-0.4, -0.2) is 39.5 Å². The maximum atomic E-state index is 12.2. The van der Waals surface area contributed by atoms with Crippen LogP contribution in [-0.2, 0) is 4.79 Å². The first-order valence-electron chi connectivity index (χ1n) is 5.76. The molecule has 0 aliphatic carbocycles. The molecule has 0 spiro atoms. The summed E-state index contributed by atoms with van der Waals surface area (Å²) in [6.07, 6.45) is 0.511. The second-order valence-electron chi connectivity index (χ2n) is 4.38. The molecular formula is C12H11N3O3S. The van der Waals surface area contributed by atoms with Crippen LogP contribution in [0.3, 0.4) is 0 Å². The molecule has 1 aliphatic heterocycles. The third-order valence-corrected chi connectivity index (χ3v) is 4.06. The topological polar surface area (TPSA) is 96.5 Å². The molecule has 2 aromatic rings. The number of hydrogen-bond acceptors (Lipinski definition) is 5. The van der Waals surface area contributed by atoms with E-state index in [1.807, 2.05) is 0 Å². The third-order valence-electron chi connectivity index (χ3n) is 3.22. The Hall–Kier alpha value is -2.15. The van der Waals surface area contributed by atoms with E-state index in [1.165, 1.54) is 16.2 Å². The summed E-state index contributed by atoms with van der Waals surface area (Å²) in [5.74, 6) is -1.21. The predicted molar refractivity (Wildman–Crippen MR) is 71.1 cm³/mol. The minimum atomic E-state index is -0.956. The van der Waals surface area contributed by atoms with E-state index in [0.717, 1.165) is 10.2 Å². The lowest BCUT2D eigenvalue weighted by Gasteiger charge is -2.37. The monoisotopic (exact) mass is 277 g/mol. The summed E-state index contributed by atoms with van der Waals surface area (Å²) in [5.41, 5.74) is 6.83. The number of rotatable bonds is 2. The lowest BCUT2D eigenvalue weighted by Crippen LogP contribution is -2.55. The molecule has 7 heteroatoms. The summed E-state index contributed by atoms with van der Waals surface area (Å²) in [7, 11) is 0. The second kappa shape index (κ2) is 4.20. The van der Waals surface area contributed by atoms with Crippen LogP contribution in [0.2, 0.25) is 0 Å². The number of carboxylic acids is 1. The van der Waals surface area contributed by atoms with Gasteiger partial charge in [-0.25, -0.2) is 9.78 Å². The van der Waals surface area contributed by atoms with Crippen molar-refractivity contribution in [3.63, 3.8) is 0 Å². The highest BCUT2D eigenvalue weighted by atomic mass is 32.1. The van der Waals surface area contributed by atoms with Gasteiger partial charge in [-0.05, 0) is 24.6 Å². The molecule has 1 atom stereocenters. The lowest BCUT2D eigenvalue weighted by atomic mass is 10.0. The molecule has 0 radical (unpaired) electrons. The van der Waals surface area contributed by atoms with Gasteiger partial charge in [0.15, 0.2) is 5.13 Å². The summed E-state index contributed by atoms with van der Waals surface area (Å²) >= 11 is 1.31. The number of aromatic nitrogens is 1. The van der Waals surface area contributed by atoms with Crippen LogP contribution in [0.4, 0.5) is 5.13 Å². The van der Waals surface area contributed by atoms with Crippen molar-refractivity contribution in [1.29, 1.82) is 0 Å². The van der Waals surface area contributed by atoms with E-state index >= 15 is 0 Å². The van der Waals surface area contributed by atoms with Crippen LogP contribution in [0.5, 0.6) is 0 Å². The Morgan fingerprint density at radius 3 is 2.89 bits per heavy atom. The van der Waals surface area contributed by atoms with Crippen molar-refractivity contribution in [3.05, 3.63) is 23.8 Å². The first kappa shape index (κ1) is 11.9. The molecule has 19 heavy (non-hydrogen) atoms. The summed E-state index contributed by atoms with van der Waals surface area (Å²) in [5, 5.41) is 9.41. The van der Waals surface area contributed by atoms with Gasteiger partial charge in [-0.2, -0.15) is 0 Å². The van der Waals surface area contributed by atoms with E-state index in [1.54, 1.807) is 18.2 Å². The van der Waals surface area contributed by atoms with Crippen LogP contribution < -0.4 is 5.73 Å². The largest absolute Gasteiger partial charge is 0.480 e. The van der Waals surface area contributed by atoms with Crippen LogP contribution >= 0.6 is 11.3 Å². The fraction of sp³-hybridized carbons (Fsp3) is 0.250. The number of anilines is 1. The van der Waals surface area contributed by atoms with Crippen molar-refractivity contribution in [2.45, 2.75) is 12.5 Å². The molecule has 3 N–H and O–H groups in total. The Balaban J connectivity index is 1.91. The molecule has 1 aromatic carbocycles. The number of hydrogen-bond donors (Lipinski definition) is 2. The van der Waals surface area contributed by atoms with Crippen LogP contribution in [0, 0.1) is 0 Å². The summed E-state index contributed by atoms with van der Waals surface area (Å²) in [6.45, 7) is 0.485. The van der Waals surface area contributed by atoms with Crippen molar-refractivity contribution in [2.24, 2.45) is 0 Å². The number of carboxylic acid groups (broad SMARTS) is 1. The zero-order chi connectivity index (χ0) is 13.6. The highest BCUT2D eigenvalue weighted by Gasteiger charge is 2.37. The molecular weight excluding hydrogens is 266 g/mol. The van der Waals surface area contributed by atoms with E-state index in [2.05, 4.69) is 4.98 Å². The number of amides is 1. The van der Waals surface area contributed by atoms with E-state index in [9.17, 15) is 9.59 Å². The molecule has 98 valence electrons. The summed E-state index contributed by atoms with van der Waals surface area (Å²) < 4.78 is 0.829. The van der Waals surface area contributed by atoms with E-state index < -0.39 is 12.0 Å². The number of nitrogen functional groups attached to an aromatic ring is 1. The van der Waals surface area contributed by atoms with Crippen molar-refractivity contribution in [2.75, 3.05) is 12.3 Å². The molecule has 0 bridgehead atoms. The quantitative estimate of drug-likeness (QED) is 0.859. The van der Waals surface area contributed by atoms with Gasteiger partial charge in [0, 0.05) is 12.1 Å². The number of fused-ring (bicyclic) bond motifs is 1. The molecule has 3 rings (SSSR count). The average Bonchev–Trinajstić information content (AvgIpc) is 2.65. The average molecular weight is 277 g/mol. The van der Waals surface area contributed by atoms with E-state index in [0.29, 0.717) is 23.7 Å². The van der Waals surface area contributed by atoms with E-state index in [-0.39, 0.29) is 5.91 Å². The molecule has 6 nitrogen and oxygen atoms in total. The van der Waals surface area contributed by atoms with Crippen molar-refractivity contribution < 1.29 is 14.7 Å². The van der Waals surface area contributed by atoms with Crippen molar-refractivity contribution in [1.82, 2.24) is 9.88 Å². The van der Waals surface area contributed by atoms with Crippen LogP contribution in [0.1, 0.15) is 16.8 Å². The molecule has 0 saturated carbocycles. The number of aliphatic carboxylic acids is 1. The van der Waals surface area contributed by atoms with Gasteiger partial charge in [-0.3, -0.25) is 4.79 Å². The zero-order valence-electron chi connectivity index (χ0n) is 9.87. The molecule has 1 saturated heterocycles. The molecule has 1 fully saturated rings. The van der Waals surface area contributed by atoms with Gasteiger partial charge in [-0.15, -0.1) is 0 Å². The Labute approximate surface area is 112 Å². The number of likely N-dealkylation sites (tertiary alicyclic amines) is 1. The number of nitrogens with two attached hydrogens (primary N) is 1. The molecule has 1 aliphatic rings. The van der Waals surface area contributed by atoms with Crippen molar-refractivity contribution in [3.8, 4) is 0 Å². The highest BCUT2D eigenvalue weighted by Crippen LogP contribution is 2.27. The Bertz CT molecular complexity index is 682. The van der Waals surface area contributed by atoms with Crippen molar-refractivity contribution >= 4 is 38.6 Å². The highest BCUT2D eigenvalue weighted by molar-refractivity contribution is 7.22. The first-order chi connectivity index (χ1) is 9.06. The van der Waals surface area contributed by atoms with Gasteiger partial charge in [0.1, 0.15) is 6.04 Å². The van der Waals surface area contributed by atoms with Gasteiger partial charge in [0.25, 0.3) is 5.91 Å². The van der Waals surface area contributed by atoms with Gasteiger partial charge in [0.2, 0.25) is 0 Å². The SMILES string of the molecule is Nc1nc2ccc(C(=O)N3CCC3C(=O)O)cc2s1. The van der Waals surface area contributed by atoms with Crippen LogP contribution in [0.25, 0.3) is 10.2 Å². The number of nitrogens with zero attached hydrogens (tertiary/aromatic N) is 2. The van der Waals surface area contributed by atoms with Gasteiger partial charge in [-0.1, -0.05) is 11.3 Å². The molecule has 1 amide bonds. The Morgan fingerprint density at radius 1 is 1.47 bits per heavy atom. The van der Waals surface area contributed by atoms with Gasteiger partial charge >= 0.3 is 5.97 Å². The smallest absolute Gasteiger partial charge is 0.326 e. The summed E-state index contributed by atoms with van der Waals surface area (Å²) in [6, 6.07) is 4.39. The predicted octanol–water partition coefficient (Wildman–Crippen LogP) is 1.18.